The highest BCUT2D eigenvalue weighted by molar-refractivity contribution is 14.0. The maximum Gasteiger partial charge on any atom is 0.243 e. The van der Waals surface area contributed by atoms with Gasteiger partial charge in [-0.05, 0) is 24.5 Å². The Morgan fingerprint density at radius 3 is 2.31 bits per heavy atom. The lowest BCUT2D eigenvalue weighted by molar-refractivity contribution is -0.127. The summed E-state index contributed by atoms with van der Waals surface area (Å²) in [4.78, 5) is 34.0. The standard InChI is InChI=1S/C21H31N5O2.HI/c1-24(2)18(27)13-22-20(23-14-19(28)25(3)4)26-15-21(11-7-8-12-21)16-9-5-6-10-17(16)26;/h5-6,9-10H,7-8,11-15H2,1-4H3,(H,22,23);1H. The molecule has 160 valence electrons. The van der Waals surface area contributed by atoms with Crippen molar-refractivity contribution in [1.29, 1.82) is 0 Å². The van der Waals surface area contributed by atoms with E-state index in [1.54, 1.807) is 33.1 Å². The second-order valence-corrected chi connectivity index (χ2v) is 8.16. The minimum absolute atomic E-state index is 0. The topological polar surface area (TPSA) is 68.2 Å². The molecule has 1 aliphatic carbocycles. The molecule has 1 heterocycles. The van der Waals surface area contributed by atoms with E-state index in [1.165, 1.54) is 36.1 Å². The number of amides is 2. The summed E-state index contributed by atoms with van der Waals surface area (Å²) < 4.78 is 0. The Kier molecular flexibility index (Phi) is 7.90. The smallest absolute Gasteiger partial charge is 0.243 e. The van der Waals surface area contributed by atoms with Crippen LogP contribution < -0.4 is 10.2 Å². The summed E-state index contributed by atoms with van der Waals surface area (Å²) in [6, 6.07) is 8.46. The first-order valence-electron chi connectivity index (χ1n) is 9.90. The van der Waals surface area contributed by atoms with Crippen LogP contribution in [0.4, 0.5) is 5.69 Å². The molecule has 1 saturated carbocycles. The first-order chi connectivity index (χ1) is 13.3. The van der Waals surface area contributed by atoms with Gasteiger partial charge in [0.05, 0.1) is 6.54 Å². The number of nitrogens with one attached hydrogen (secondary N) is 1. The first kappa shape index (κ1) is 23.4. The molecule has 2 aliphatic rings. The van der Waals surface area contributed by atoms with Crippen LogP contribution in [0.15, 0.2) is 29.3 Å². The quantitative estimate of drug-likeness (QED) is 0.381. The minimum atomic E-state index is -0.0682. The average molecular weight is 513 g/mol. The zero-order chi connectivity index (χ0) is 20.3. The number of carbonyl (C=O) groups excluding carboxylic acids is 2. The van der Waals surface area contributed by atoms with E-state index in [1.807, 2.05) is 6.07 Å². The van der Waals surface area contributed by atoms with Gasteiger partial charge >= 0.3 is 0 Å². The molecule has 7 nitrogen and oxygen atoms in total. The lowest BCUT2D eigenvalue weighted by Gasteiger charge is -2.27. The summed E-state index contributed by atoms with van der Waals surface area (Å²) in [5.74, 6) is 0.498. The molecule has 0 radical (unpaired) electrons. The molecule has 1 aromatic rings. The van der Waals surface area contributed by atoms with Crippen molar-refractivity contribution in [2.75, 3.05) is 52.7 Å². The fraction of sp³-hybridized carbons (Fsp3) is 0.571. The second-order valence-electron chi connectivity index (χ2n) is 8.16. The zero-order valence-electron chi connectivity index (χ0n) is 17.8. The largest absolute Gasteiger partial charge is 0.347 e. The van der Waals surface area contributed by atoms with Gasteiger partial charge in [0.1, 0.15) is 6.54 Å². The molecule has 8 heteroatoms. The third-order valence-corrected chi connectivity index (χ3v) is 5.80. The van der Waals surface area contributed by atoms with Crippen LogP contribution in [0.1, 0.15) is 31.2 Å². The van der Waals surface area contributed by atoms with E-state index in [2.05, 4.69) is 33.4 Å². The average Bonchev–Trinajstić information content (AvgIpc) is 3.27. The van der Waals surface area contributed by atoms with E-state index >= 15 is 0 Å². The molecule has 1 aromatic carbocycles. The summed E-state index contributed by atoms with van der Waals surface area (Å²) >= 11 is 0. The summed E-state index contributed by atoms with van der Waals surface area (Å²) in [6.07, 6.45) is 4.81. The number of anilines is 1. The third-order valence-electron chi connectivity index (χ3n) is 5.80. The maximum atomic E-state index is 12.1. The van der Waals surface area contributed by atoms with Crippen molar-refractivity contribution in [3.8, 4) is 0 Å². The van der Waals surface area contributed by atoms with Gasteiger partial charge in [0, 0.05) is 45.8 Å². The van der Waals surface area contributed by atoms with Crippen LogP contribution >= 0.6 is 24.0 Å². The van der Waals surface area contributed by atoms with E-state index < -0.39 is 0 Å². The Balaban J connectivity index is 0.00000300. The van der Waals surface area contributed by atoms with Crippen LogP contribution in [0.3, 0.4) is 0 Å². The monoisotopic (exact) mass is 513 g/mol. The molecule has 2 amide bonds. The molecular weight excluding hydrogens is 481 g/mol. The molecule has 0 unspecified atom stereocenters. The first-order valence-corrected chi connectivity index (χ1v) is 9.90. The highest BCUT2D eigenvalue weighted by atomic mass is 127. The summed E-state index contributed by atoms with van der Waals surface area (Å²) in [6.45, 7) is 1.04. The van der Waals surface area contributed by atoms with Gasteiger partial charge < -0.3 is 20.0 Å². The van der Waals surface area contributed by atoms with Crippen LogP contribution in [0, 0.1) is 0 Å². The molecule has 29 heavy (non-hydrogen) atoms. The number of hydrogen-bond acceptors (Lipinski definition) is 3. The molecule has 1 fully saturated rings. The van der Waals surface area contributed by atoms with Gasteiger partial charge in [0.2, 0.25) is 11.8 Å². The maximum absolute atomic E-state index is 12.1. The SMILES string of the molecule is CN(C)C(=O)CN=C(NCC(=O)N(C)C)N1CC2(CCCC2)c2ccccc21.I. The summed E-state index contributed by atoms with van der Waals surface area (Å²) in [5.41, 5.74) is 2.64. The van der Waals surface area contributed by atoms with Crippen molar-refractivity contribution in [3.63, 3.8) is 0 Å². The lowest BCUT2D eigenvalue weighted by Crippen LogP contribution is -2.47. The highest BCUT2D eigenvalue weighted by Crippen LogP contribution is 2.50. The molecule has 1 aliphatic heterocycles. The van der Waals surface area contributed by atoms with Gasteiger partial charge in [-0.1, -0.05) is 31.0 Å². The molecule has 3 rings (SSSR count). The molecule has 0 aromatic heterocycles. The Morgan fingerprint density at radius 1 is 1.07 bits per heavy atom. The molecule has 0 bridgehead atoms. The molecule has 0 atom stereocenters. The number of para-hydroxylation sites is 1. The number of rotatable bonds is 4. The van der Waals surface area contributed by atoms with Crippen molar-refractivity contribution in [1.82, 2.24) is 15.1 Å². The minimum Gasteiger partial charge on any atom is -0.347 e. The number of nitrogens with zero attached hydrogens (tertiary/aromatic N) is 4. The predicted octanol–water partition coefficient (Wildman–Crippen LogP) is 2.06. The van der Waals surface area contributed by atoms with Crippen molar-refractivity contribution >= 4 is 47.4 Å². The van der Waals surface area contributed by atoms with Crippen molar-refractivity contribution in [3.05, 3.63) is 29.8 Å². The molecule has 1 N–H and O–H groups in total. The second kappa shape index (κ2) is 9.77. The Labute approximate surface area is 190 Å². The normalized spacial score (nSPS) is 17.0. The summed E-state index contributed by atoms with van der Waals surface area (Å²) in [5, 5.41) is 3.20. The number of hydrogen-bond donors (Lipinski definition) is 1. The number of halogens is 1. The fourth-order valence-electron chi connectivity index (χ4n) is 4.13. The summed E-state index contributed by atoms with van der Waals surface area (Å²) in [7, 11) is 6.91. The van der Waals surface area contributed by atoms with Gasteiger partial charge in [0.25, 0.3) is 0 Å². The number of likely N-dealkylation sites (N-methyl/N-ethyl adjacent to an activating group) is 2. The Bertz CT molecular complexity index is 772. The third kappa shape index (κ3) is 5.02. The van der Waals surface area contributed by atoms with E-state index in [9.17, 15) is 9.59 Å². The van der Waals surface area contributed by atoms with Gasteiger partial charge in [-0.3, -0.25) is 9.59 Å². The van der Waals surface area contributed by atoms with E-state index in [-0.39, 0.29) is 54.3 Å². The van der Waals surface area contributed by atoms with Crippen molar-refractivity contribution < 1.29 is 9.59 Å². The fourth-order valence-corrected chi connectivity index (χ4v) is 4.13. The van der Waals surface area contributed by atoms with Gasteiger partial charge in [-0.25, -0.2) is 4.99 Å². The van der Waals surface area contributed by atoms with Crippen LogP contribution in [-0.4, -0.2) is 75.4 Å². The van der Waals surface area contributed by atoms with Gasteiger partial charge in [-0.2, -0.15) is 0 Å². The lowest BCUT2D eigenvalue weighted by atomic mass is 9.81. The Morgan fingerprint density at radius 2 is 1.69 bits per heavy atom. The van der Waals surface area contributed by atoms with Crippen molar-refractivity contribution in [2.45, 2.75) is 31.1 Å². The van der Waals surface area contributed by atoms with Crippen LogP contribution in [-0.2, 0) is 15.0 Å². The number of aliphatic imine (C=N–C) groups is 1. The van der Waals surface area contributed by atoms with E-state index in [4.69, 9.17) is 0 Å². The number of benzene rings is 1. The van der Waals surface area contributed by atoms with Gasteiger partial charge in [-0.15, -0.1) is 24.0 Å². The van der Waals surface area contributed by atoms with Crippen LogP contribution in [0.25, 0.3) is 0 Å². The van der Waals surface area contributed by atoms with Gasteiger partial charge in [0.15, 0.2) is 5.96 Å². The number of guanidine groups is 1. The number of fused-ring (bicyclic) bond motifs is 2. The molecular formula is C21H32IN5O2. The van der Waals surface area contributed by atoms with Crippen LogP contribution in [0.2, 0.25) is 0 Å². The zero-order valence-corrected chi connectivity index (χ0v) is 20.1. The predicted molar refractivity (Wildman–Crippen MR) is 127 cm³/mol. The van der Waals surface area contributed by atoms with Crippen molar-refractivity contribution in [2.24, 2.45) is 4.99 Å². The molecule has 1 spiro atoms. The van der Waals surface area contributed by atoms with Crippen LogP contribution in [0.5, 0.6) is 0 Å². The Hall–Kier alpha value is -1.84. The van der Waals surface area contributed by atoms with E-state index in [0.717, 1.165) is 12.2 Å². The number of carbonyl (C=O) groups is 2. The molecule has 0 saturated heterocycles. The highest BCUT2D eigenvalue weighted by Gasteiger charge is 2.45. The van der Waals surface area contributed by atoms with E-state index in [0.29, 0.717) is 5.96 Å².